The standard InChI is InChI=1S/C8H16FO6P/c1-4-7(10)8(11)6(9)5(15-4)2-3-16(12,13)14/h4-8,10-11H,2-3H2,1H3,(H2,12,13,14)/t4?,5?,6?,7-,8+/m1/s1. The highest BCUT2D eigenvalue weighted by Gasteiger charge is 2.43. The number of aliphatic hydroxyl groups is 2. The third-order valence-corrected chi connectivity index (χ3v) is 3.45. The normalized spacial score (nSPS) is 41.0. The maximum Gasteiger partial charge on any atom is 0.325 e. The van der Waals surface area contributed by atoms with Crippen LogP contribution in [0.25, 0.3) is 0 Å². The van der Waals surface area contributed by atoms with Crippen LogP contribution in [0.5, 0.6) is 0 Å². The zero-order valence-electron chi connectivity index (χ0n) is 8.73. The Bertz CT molecular complexity index is 282. The van der Waals surface area contributed by atoms with Gasteiger partial charge in [0.2, 0.25) is 0 Å². The van der Waals surface area contributed by atoms with E-state index in [9.17, 15) is 19.2 Å². The second-order valence-electron chi connectivity index (χ2n) is 3.98. The molecule has 0 aromatic heterocycles. The predicted octanol–water partition coefficient (Wildman–Crippen LogP) is -0.599. The number of hydrogen-bond donors (Lipinski definition) is 4. The molecule has 4 N–H and O–H groups in total. The molecule has 3 unspecified atom stereocenters. The van der Waals surface area contributed by atoms with Gasteiger partial charge in [-0.15, -0.1) is 0 Å². The Hall–Kier alpha value is -0.0400. The van der Waals surface area contributed by atoms with Crippen molar-refractivity contribution in [3.05, 3.63) is 0 Å². The summed E-state index contributed by atoms with van der Waals surface area (Å²) in [6.45, 7) is 1.46. The summed E-state index contributed by atoms with van der Waals surface area (Å²) in [5.74, 6) is 0. The molecule has 0 aliphatic carbocycles. The largest absolute Gasteiger partial charge is 0.388 e. The van der Waals surface area contributed by atoms with E-state index in [0.29, 0.717) is 0 Å². The van der Waals surface area contributed by atoms with Crippen LogP contribution in [0.2, 0.25) is 0 Å². The molecular formula is C8H16FO6P. The lowest BCUT2D eigenvalue weighted by Gasteiger charge is -2.38. The number of halogens is 1. The van der Waals surface area contributed by atoms with E-state index in [0.717, 1.165) is 0 Å². The van der Waals surface area contributed by atoms with Crippen LogP contribution in [-0.4, -0.2) is 56.7 Å². The van der Waals surface area contributed by atoms with Crippen LogP contribution < -0.4 is 0 Å². The summed E-state index contributed by atoms with van der Waals surface area (Å²) >= 11 is 0. The van der Waals surface area contributed by atoms with E-state index in [1.165, 1.54) is 6.92 Å². The molecule has 1 fully saturated rings. The van der Waals surface area contributed by atoms with E-state index < -0.39 is 44.3 Å². The summed E-state index contributed by atoms with van der Waals surface area (Å²) in [6.07, 6.45) is -7.29. The van der Waals surface area contributed by atoms with Gasteiger partial charge in [0.15, 0.2) is 6.17 Å². The van der Waals surface area contributed by atoms with Gasteiger partial charge in [-0.05, 0) is 13.3 Å². The van der Waals surface area contributed by atoms with Crippen LogP contribution in [0.15, 0.2) is 0 Å². The van der Waals surface area contributed by atoms with Crippen molar-refractivity contribution in [3.63, 3.8) is 0 Å². The molecule has 1 heterocycles. The van der Waals surface area contributed by atoms with Crippen molar-refractivity contribution in [2.45, 2.75) is 43.9 Å². The zero-order valence-corrected chi connectivity index (χ0v) is 9.63. The van der Waals surface area contributed by atoms with Crippen LogP contribution in [0.4, 0.5) is 4.39 Å². The third kappa shape index (κ3) is 3.48. The van der Waals surface area contributed by atoms with Gasteiger partial charge in [0, 0.05) is 0 Å². The first kappa shape index (κ1) is 14.0. The average molecular weight is 258 g/mol. The van der Waals surface area contributed by atoms with Crippen LogP contribution in [0.3, 0.4) is 0 Å². The first-order valence-electron chi connectivity index (χ1n) is 4.92. The molecule has 96 valence electrons. The van der Waals surface area contributed by atoms with E-state index in [1.54, 1.807) is 0 Å². The smallest absolute Gasteiger partial charge is 0.325 e. The lowest BCUT2D eigenvalue weighted by molar-refractivity contribution is -0.198. The topological polar surface area (TPSA) is 107 Å². The predicted molar refractivity (Wildman–Crippen MR) is 52.8 cm³/mol. The van der Waals surface area contributed by atoms with E-state index in [4.69, 9.17) is 14.5 Å². The monoisotopic (exact) mass is 258 g/mol. The summed E-state index contributed by atoms with van der Waals surface area (Å²) in [4.78, 5) is 17.3. The fraction of sp³-hybridized carbons (Fsp3) is 1.00. The molecule has 0 saturated carbocycles. The van der Waals surface area contributed by atoms with Crippen molar-refractivity contribution in [2.24, 2.45) is 0 Å². The molecule has 16 heavy (non-hydrogen) atoms. The van der Waals surface area contributed by atoms with Crippen molar-refractivity contribution in [3.8, 4) is 0 Å². The van der Waals surface area contributed by atoms with E-state index >= 15 is 0 Å². The molecule has 1 aliphatic rings. The van der Waals surface area contributed by atoms with Gasteiger partial charge >= 0.3 is 7.60 Å². The molecule has 6 nitrogen and oxygen atoms in total. The van der Waals surface area contributed by atoms with Gasteiger partial charge < -0.3 is 24.7 Å². The first-order chi connectivity index (χ1) is 7.22. The first-order valence-corrected chi connectivity index (χ1v) is 6.72. The van der Waals surface area contributed by atoms with Gasteiger partial charge in [-0.1, -0.05) is 0 Å². The minimum atomic E-state index is -4.20. The Labute approximate surface area is 92.2 Å². The summed E-state index contributed by atoms with van der Waals surface area (Å²) < 4.78 is 29.1. The Kier molecular flexibility index (Phi) is 4.45. The zero-order chi connectivity index (χ0) is 12.5. The van der Waals surface area contributed by atoms with E-state index in [-0.39, 0.29) is 6.42 Å². The van der Waals surface area contributed by atoms with Gasteiger partial charge in [-0.2, -0.15) is 0 Å². The number of ether oxygens (including phenoxy) is 1. The lowest BCUT2D eigenvalue weighted by atomic mass is 9.95. The van der Waals surface area contributed by atoms with Gasteiger partial charge in [0.05, 0.1) is 18.4 Å². The molecule has 0 amide bonds. The molecule has 5 atom stereocenters. The summed E-state index contributed by atoms with van der Waals surface area (Å²) in [6, 6.07) is 0. The highest BCUT2D eigenvalue weighted by molar-refractivity contribution is 7.51. The van der Waals surface area contributed by atoms with Gasteiger partial charge in [0.25, 0.3) is 0 Å². The number of rotatable bonds is 3. The minimum Gasteiger partial charge on any atom is -0.388 e. The van der Waals surface area contributed by atoms with Gasteiger partial charge in [-0.3, -0.25) is 4.57 Å². The molecule has 8 heteroatoms. The highest BCUT2D eigenvalue weighted by atomic mass is 31.2. The summed E-state index contributed by atoms with van der Waals surface area (Å²) in [5, 5.41) is 18.6. The molecule has 0 radical (unpaired) electrons. The van der Waals surface area contributed by atoms with Crippen molar-refractivity contribution in [2.75, 3.05) is 6.16 Å². The number of aliphatic hydroxyl groups excluding tert-OH is 2. The molecule has 0 aromatic carbocycles. The molecule has 0 spiro atoms. The van der Waals surface area contributed by atoms with Crippen molar-refractivity contribution < 1.29 is 33.7 Å². The van der Waals surface area contributed by atoms with Gasteiger partial charge in [0.1, 0.15) is 12.2 Å². The Morgan fingerprint density at radius 3 is 2.38 bits per heavy atom. The fourth-order valence-electron chi connectivity index (χ4n) is 1.64. The number of alkyl halides is 1. The average Bonchev–Trinajstić information content (AvgIpc) is 2.17. The Morgan fingerprint density at radius 2 is 1.88 bits per heavy atom. The SMILES string of the molecule is CC1OC(CCP(=O)(O)O)C(F)[C@H](O)[C@@H]1O. The maximum atomic E-state index is 13.5. The maximum absolute atomic E-state index is 13.5. The fourth-order valence-corrected chi connectivity index (χ4v) is 2.23. The van der Waals surface area contributed by atoms with E-state index in [1.807, 2.05) is 0 Å². The highest BCUT2D eigenvalue weighted by Crippen LogP contribution is 2.37. The molecule has 1 saturated heterocycles. The molecule has 0 aromatic rings. The van der Waals surface area contributed by atoms with Crippen LogP contribution in [0, 0.1) is 0 Å². The van der Waals surface area contributed by atoms with Crippen LogP contribution in [-0.2, 0) is 9.30 Å². The Morgan fingerprint density at radius 1 is 1.31 bits per heavy atom. The summed E-state index contributed by atoms with van der Waals surface area (Å²) in [7, 11) is -4.20. The molecule has 1 aliphatic heterocycles. The van der Waals surface area contributed by atoms with E-state index in [2.05, 4.69) is 0 Å². The number of hydrogen-bond acceptors (Lipinski definition) is 4. The molecular weight excluding hydrogens is 242 g/mol. The van der Waals surface area contributed by atoms with Crippen LogP contribution in [0.1, 0.15) is 13.3 Å². The second kappa shape index (κ2) is 5.08. The third-order valence-electron chi connectivity index (χ3n) is 2.61. The van der Waals surface area contributed by atoms with Crippen LogP contribution >= 0.6 is 7.60 Å². The second-order valence-corrected chi connectivity index (χ2v) is 5.76. The summed E-state index contributed by atoms with van der Waals surface area (Å²) in [5.41, 5.74) is 0. The molecule has 1 rings (SSSR count). The minimum absolute atomic E-state index is 0.195. The lowest BCUT2D eigenvalue weighted by Crippen LogP contribution is -2.54. The van der Waals surface area contributed by atoms with Crippen molar-refractivity contribution >= 4 is 7.60 Å². The van der Waals surface area contributed by atoms with Gasteiger partial charge in [-0.25, -0.2) is 4.39 Å². The van der Waals surface area contributed by atoms with Crippen molar-refractivity contribution in [1.82, 2.24) is 0 Å². The Balaban J connectivity index is 2.57. The molecule has 0 bridgehead atoms. The quantitative estimate of drug-likeness (QED) is 0.504. The van der Waals surface area contributed by atoms with Crippen molar-refractivity contribution in [1.29, 1.82) is 0 Å².